The molecule has 3 rings (SSSR count). The molecule has 6 heteroatoms. The van der Waals surface area contributed by atoms with Crippen molar-refractivity contribution >= 4 is 17.5 Å². The first-order valence-electron chi connectivity index (χ1n) is 6.70. The summed E-state index contributed by atoms with van der Waals surface area (Å²) < 4.78 is 1.62. The summed E-state index contributed by atoms with van der Waals surface area (Å²) in [5.74, 6) is -0.176. The van der Waals surface area contributed by atoms with Gasteiger partial charge in [0.05, 0.1) is 17.4 Å². The minimum absolute atomic E-state index is 0.176. The van der Waals surface area contributed by atoms with Crippen molar-refractivity contribution in [3.05, 3.63) is 77.3 Å². The topological polar surface area (TPSA) is 59.8 Å². The molecule has 0 bridgehead atoms. The lowest BCUT2D eigenvalue weighted by atomic mass is 10.2. The lowest BCUT2D eigenvalue weighted by Gasteiger charge is -2.03. The van der Waals surface area contributed by atoms with Gasteiger partial charge in [0.15, 0.2) is 0 Å². The van der Waals surface area contributed by atoms with Crippen LogP contribution >= 0.6 is 11.6 Å². The smallest absolute Gasteiger partial charge is 0.254 e. The normalized spacial score (nSPS) is 10.4. The van der Waals surface area contributed by atoms with Crippen LogP contribution in [-0.4, -0.2) is 20.7 Å². The van der Waals surface area contributed by atoms with Crippen molar-refractivity contribution in [1.29, 1.82) is 0 Å². The summed E-state index contributed by atoms with van der Waals surface area (Å²) in [4.78, 5) is 16.1. The summed E-state index contributed by atoms with van der Waals surface area (Å²) in [5.41, 5.74) is 2.29. The molecule has 0 unspecified atom stereocenters. The third-order valence-electron chi connectivity index (χ3n) is 3.12. The highest BCUT2D eigenvalue weighted by Crippen LogP contribution is 2.14. The fraction of sp³-hybridized carbons (Fsp3) is 0.0625. The lowest BCUT2D eigenvalue weighted by Crippen LogP contribution is -2.22. The maximum absolute atomic E-state index is 12.1. The Hall–Kier alpha value is -2.66. The molecular formula is C16H13ClN4O. The molecule has 1 aromatic carbocycles. The molecule has 0 aliphatic rings. The van der Waals surface area contributed by atoms with E-state index in [4.69, 9.17) is 11.6 Å². The average Bonchev–Trinajstić information content (AvgIpc) is 3.04. The number of carbonyl (C=O) groups excluding carboxylic acids is 1. The summed E-state index contributed by atoms with van der Waals surface area (Å²) >= 11 is 5.96. The van der Waals surface area contributed by atoms with Crippen LogP contribution < -0.4 is 5.32 Å². The summed E-state index contributed by atoms with van der Waals surface area (Å²) in [6.07, 6.45) is 6.59. The number of aromatic nitrogens is 3. The zero-order chi connectivity index (χ0) is 15.4. The Kier molecular flexibility index (Phi) is 4.16. The van der Waals surface area contributed by atoms with Crippen LogP contribution in [0.1, 0.15) is 15.9 Å². The number of carbonyl (C=O) groups is 1. The highest BCUT2D eigenvalue weighted by molar-refractivity contribution is 6.30. The van der Waals surface area contributed by atoms with E-state index < -0.39 is 0 Å². The van der Waals surface area contributed by atoms with Gasteiger partial charge < -0.3 is 5.32 Å². The average molecular weight is 313 g/mol. The van der Waals surface area contributed by atoms with E-state index in [1.54, 1.807) is 35.4 Å². The van der Waals surface area contributed by atoms with Crippen molar-refractivity contribution in [3.8, 4) is 5.69 Å². The van der Waals surface area contributed by atoms with Crippen LogP contribution in [0.2, 0.25) is 5.02 Å². The van der Waals surface area contributed by atoms with Crippen molar-refractivity contribution in [2.24, 2.45) is 0 Å². The van der Waals surface area contributed by atoms with Gasteiger partial charge >= 0.3 is 0 Å². The fourth-order valence-electron chi connectivity index (χ4n) is 1.98. The molecule has 2 aromatic heterocycles. The van der Waals surface area contributed by atoms with Gasteiger partial charge in [0.1, 0.15) is 0 Å². The molecule has 0 atom stereocenters. The first-order chi connectivity index (χ1) is 10.7. The number of halogens is 1. The van der Waals surface area contributed by atoms with Gasteiger partial charge in [-0.3, -0.25) is 9.78 Å². The zero-order valence-electron chi connectivity index (χ0n) is 11.6. The van der Waals surface area contributed by atoms with Crippen molar-refractivity contribution < 1.29 is 4.79 Å². The minimum atomic E-state index is -0.176. The molecule has 1 N–H and O–H groups in total. The molecule has 0 aliphatic heterocycles. The van der Waals surface area contributed by atoms with Crippen LogP contribution in [0, 0.1) is 0 Å². The largest absolute Gasteiger partial charge is 0.348 e. The Balaban J connectivity index is 1.69. The van der Waals surface area contributed by atoms with Crippen LogP contribution in [-0.2, 0) is 6.54 Å². The molecular weight excluding hydrogens is 300 g/mol. The van der Waals surface area contributed by atoms with Crippen LogP contribution in [0.5, 0.6) is 0 Å². The van der Waals surface area contributed by atoms with Crippen molar-refractivity contribution in [2.45, 2.75) is 6.54 Å². The number of benzene rings is 1. The summed E-state index contributed by atoms with van der Waals surface area (Å²) in [5, 5.41) is 7.66. The molecule has 0 spiro atoms. The number of rotatable bonds is 4. The van der Waals surface area contributed by atoms with Gasteiger partial charge in [0.2, 0.25) is 0 Å². The van der Waals surface area contributed by atoms with Crippen molar-refractivity contribution in [3.63, 3.8) is 0 Å². The molecule has 0 aliphatic carbocycles. The lowest BCUT2D eigenvalue weighted by molar-refractivity contribution is 0.0951. The molecule has 110 valence electrons. The van der Waals surface area contributed by atoms with E-state index in [2.05, 4.69) is 15.4 Å². The van der Waals surface area contributed by atoms with Gasteiger partial charge in [0.25, 0.3) is 5.91 Å². The molecule has 2 heterocycles. The molecule has 3 aromatic rings. The Morgan fingerprint density at radius 1 is 1.23 bits per heavy atom. The van der Waals surface area contributed by atoms with Crippen LogP contribution in [0.4, 0.5) is 0 Å². The van der Waals surface area contributed by atoms with Crippen LogP contribution in [0.25, 0.3) is 5.69 Å². The predicted molar refractivity (Wildman–Crippen MR) is 84.0 cm³/mol. The standard InChI is InChI=1S/C16H13ClN4O/c17-14-2-1-3-15(8-14)21-11-13(10-20-21)16(22)19-9-12-4-6-18-7-5-12/h1-8,10-11H,9H2,(H,19,22). The molecule has 0 radical (unpaired) electrons. The molecule has 22 heavy (non-hydrogen) atoms. The third-order valence-corrected chi connectivity index (χ3v) is 3.36. The van der Waals surface area contributed by atoms with E-state index in [1.165, 1.54) is 6.20 Å². The van der Waals surface area contributed by atoms with Gasteiger partial charge in [-0.25, -0.2) is 4.68 Å². The van der Waals surface area contributed by atoms with Crippen molar-refractivity contribution in [1.82, 2.24) is 20.1 Å². The Morgan fingerprint density at radius 2 is 2.05 bits per heavy atom. The Bertz CT molecular complexity index is 786. The fourth-order valence-corrected chi connectivity index (χ4v) is 2.17. The zero-order valence-corrected chi connectivity index (χ0v) is 12.4. The van der Waals surface area contributed by atoms with E-state index in [-0.39, 0.29) is 5.91 Å². The van der Waals surface area contributed by atoms with Gasteiger partial charge in [-0.2, -0.15) is 5.10 Å². The first-order valence-corrected chi connectivity index (χ1v) is 7.08. The molecule has 1 amide bonds. The Morgan fingerprint density at radius 3 is 2.82 bits per heavy atom. The number of amides is 1. The van der Waals surface area contributed by atoms with E-state index in [9.17, 15) is 4.79 Å². The summed E-state index contributed by atoms with van der Waals surface area (Å²) in [6, 6.07) is 11.0. The monoisotopic (exact) mass is 312 g/mol. The minimum Gasteiger partial charge on any atom is -0.348 e. The summed E-state index contributed by atoms with van der Waals surface area (Å²) in [6.45, 7) is 0.448. The molecule has 0 fully saturated rings. The number of nitrogens with one attached hydrogen (secondary N) is 1. The SMILES string of the molecule is O=C(NCc1ccncc1)c1cnn(-c2cccc(Cl)c2)c1. The third kappa shape index (κ3) is 3.32. The number of nitrogens with zero attached hydrogens (tertiary/aromatic N) is 3. The van der Waals surface area contributed by atoms with E-state index >= 15 is 0 Å². The molecule has 5 nitrogen and oxygen atoms in total. The van der Waals surface area contributed by atoms with E-state index in [0.29, 0.717) is 17.1 Å². The Labute approximate surface area is 132 Å². The summed E-state index contributed by atoms with van der Waals surface area (Å²) in [7, 11) is 0. The van der Waals surface area contributed by atoms with E-state index in [1.807, 2.05) is 24.3 Å². The number of hydrogen-bond acceptors (Lipinski definition) is 3. The second kappa shape index (κ2) is 6.41. The van der Waals surface area contributed by atoms with Gasteiger partial charge in [-0.15, -0.1) is 0 Å². The second-order valence-electron chi connectivity index (χ2n) is 4.69. The highest BCUT2D eigenvalue weighted by atomic mass is 35.5. The van der Waals surface area contributed by atoms with Crippen LogP contribution in [0.15, 0.2) is 61.2 Å². The van der Waals surface area contributed by atoms with E-state index in [0.717, 1.165) is 11.3 Å². The predicted octanol–water partition coefficient (Wildman–Crippen LogP) is 2.85. The quantitative estimate of drug-likeness (QED) is 0.806. The first kappa shape index (κ1) is 14.3. The maximum atomic E-state index is 12.1. The van der Waals surface area contributed by atoms with Crippen LogP contribution in [0.3, 0.4) is 0 Å². The molecule has 0 saturated heterocycles. The molecule has 0 saturated carbocycles. The number of pyridine rings is 1. The number of hydrogen-bond donors (Lipinski definition) is 1. The second-order valence-corrected chi connectivity index (χ2v) is 5.13. The maximum Gasteiger partial charge on any atom is 0.254 e. The highest BCUT2D eigenvalue weighted by Gasteiger charge is 2.09. The van der Waals surface area contributed by atoms with Gasteiger partial charge in [-0.05, 0) is 35.9 Å². The van der Waals surface area contributed by atoms with Gasteiger partial charge in [0, 0.05) is 30.2 Å². The van der Waals surface area contributed by atoms with Crippen molar-refractivity contribution in [2.75, 3.05) is 0 Å². The van der Waals surface area contributed by atoms with Gasteiger partial charge in [-0.1, -0.05) is 17.7 Å².